The number of rotatable bonds is 11. The molecule has 2 aromatic carbocycles. The molecule has 3 aromatic rings. The van der Waals surface area contributed by atoms with Crippen LogP contribution in [0.3, 0.4) is 0 Å². The fraction of sp³-hybridized carbons (Fsp3) is 0.400. The first kappa shape index (κ1) is 24.8. The normalized spacial score (nSPS) is 12.5. The Morgan fingerprint density at radius 2 is 1.82 bits per heavy atom. The van der Waals surface area contributed by atoms with E-state index in [9.17, 15) is 13.9 Å². The van der Waals surface area contributed by atoms with Crippen molar-refractivity contribution in [2.45, 2.75) is 46.4 Å². The molecular formula is C25H31F2N3O3. The average Bonchev–Trinajstić information content (AvgIpc) is 3.07. The van der Waals surface area contributed by atoms with Crippen LogP contribution in [0.5, 0.6) is 11.6 Å². The Labute approximate surface area is 193 Å². The molecule has 178 valence electrons. The minimum atomic E-state index is -0.646. The van der Waals surface area contributed by atoms with Crippen molar-refractivity contribution >= 4 is 0 Å². The van der Waals surface area contributed by atoms with E-state index in [1.165, 1.54) is 24.3 Å². The Bertz CT molecular complexity index is 1040. The molecular weight excluding hydrogens is 428 g/mol. The maximum absolute atomic E-state index is 13.8. The summed E-state index contributed by atoms with van der Waals surface area (Å²) < 4.78 is 40.4. The second-order valence-electron chi connectivity index (χ2n) is 8.15. The standard InChI is InChI=1S/C25H31F2N3O3/c1-5-32-16-22(31)14-29(17(2)3)15-24-18(4)28-30(21-11-9-19(26)10-12-21)25(24)33-23-8-6-7-20(27)13-23/h6-13,17,22,31H,5,14-16H2,1-4H3/t22-/m0/s1. The summed E-state index contributed by atoms with van der Waals surface area (Å²) >= 11 is 0. The molecule has 8 heteroatoms. The molecule has 6 nitrogen and oxygen atoms in total. The lowest BCUT2D eigenvalue weighted by Crippen LogP contribution is -2.39. The monoisotopic (exact) mass is 459 g/mol. The molecule has 33 heavy (non-hydrogen) atoms. The van der Waals surface area contributed by atoms with Crippen LogP contribution in [0.2, 0.25) is 0 Å². The number of benzene rings is 2. The fourth-order valence-corrected chi connectivity index (χ4v) is 3.46. The molecule has 0 fully saturated rings. The number of nitrogens with zero attached hydrogens (tertiary/aromatic N) is 3. The molecule has 1 N–H and O–H groups in total. The van der Waals surface area contributed by atoms with Gasteiger partial charge in [0, 0.05) is 31.8 Å². The van der Waals surface area contributed by atoms with E-state index in [2.05, 4.69) is 10.00 Å². The maximum Gasteiger partial charge on any atom is 0.227 e. The van der Waals surface area contributed by atoms with E-state index < -0.39 is 11.9 Å². The van der Waals surface area contributed by atoms with E-state index in [-0.39, 0.29) is 18.5 Å². The topological polar surface area (TPSA) is 59.8 Å². The smallest absolute Gasteiger partial charge is 0.227 e. The van der Waals surface area contributed by atoms with Gasteiger partial charge in [-0.2, -0.15) is 5.10 Å². The van der Waals surface area contributed by atoms with E-state index in [1.54, 1.807) is 28.9 Å². The zero-order valence-electron chi connectivity index (χ0n) is 19.5. The van der Waals surface area contributed by atoms with E-state index in [1.807, 2.05) is 27.7 Å². The van der Waals surface area contributed by atoms with Gasteiger partial charge in [-0.05, 0) is 64.1 Å². The molecule has 0 unspecified atom stereocenters. The van der Waals surface area contributed by atoms with E-state index in [4.69, 9.17) is 9.47 Å². The molecule has 0 saturated carbocycles. The van der Waals surface area contributed by atoms with E-state index in [0.29, 0.717) is 37.0 Å². The van der Waals surface area contributed by atoms with Crippen LogP contribution in [-0.2, 0) is 11.3 Å². The molecule has 0 aliphatic heterocycles. The van der Waals surface area contributed by atoms with Crippen LogP contribution >= 0.6 is 0 Å². The van der Waals surface area contributed by atoms with Gasteiger partial charge in [-0.25, -0.2) is 13.5 Å². The molecule has 0 aliphatic rings. The molecule has 0 amide bonds. The molecule has 0 spiro atoms. The summed E-state index contributed by atoms with van der Waals surface area (Å²) in [6.07, 6.45) is -0.646. The van der Waals surface area contributed by atoms with Crippen LogP contribution in [0.1, 0.15) is 32.0 Å². The number of aromatic nitrogens is 2. The molecule has 0 aliphatic carbocycles. The van der Waals surface area contributed by atoms with Crippen molar-refractivity contribution in [1.82, 2.24) is 14.7 Å². The Balaban J connectivity index is 1.99. The van der Waals surface area contributed by atoms with Gasteiger partial charge in [0.1, 0.15) is 17.4 Å². The Kier molecular flexibility index (Phi) is 8.55. The first-order chi connectivity index (χ1) is 15.8. The lowest BCUT2D eigenvalue weighted by molar-refractivity contribution is 0.0131. The Morgan fingerprint density at radius 3 is 2.45 bits per heavy atom. The van der Waals surface area contributed by atoms with Crippen molar-refractivity contribution < 1.29 is 23.4 Å². The second kappa shape index (κ2) is 11.4. The molecule has 3 rings (SSSR count). The van der Waals surface area contributed by atoms with Gasteiger partial charge in [0.2, 0.25) is 5.88 Å². The predicted molar refractivity (Wildman–Crippen MR) is 123 cm³/mol. The van der Waals surface area contributed by atoms with E-state index in [0.717, 1.165) is 11.3 Å². The first-order valence-corrected chi connectivity index (χ1v) is 11.1. The summed E-state index contributed by atoms with van der Waals surface area (Å²) in [5, 5.41) is 15.0. The third-order valence-electron chi connectivity index (χ3n) is 5.27. The Hall–Kier alpha value is -2.81. The van der Waals surface area contributed by atoms with Crippen LogP contribution in [0.15, 0.2) is 48.5 Å². The molecule has 1 heterocycles. The van der Waals surface area contributed by atoms with Gasteiger partial charge in [0.25, 0.3) is 0 Å². The highest BCUT2D eigenvalue weighted by Crippen LogP contribution is 2.32. The number of hydrogen-bond acceptors (Lipinski definition) is 5. The molecule has 0 radical (unpaired) electrons. The highest BCUT2D eigenvalue weighted by molar-refractivity contribution is 5.43. The quantitative estimate of drug-likeness (QED) is 0.444. The number of ether oxygens (including phenoxy) is 2. The van der Waals surface area contributed by atoms with Gasteiger partial charge in [0.15, 0.2) is 0 Å². The second-order valence-corrected chi connectivity index (χ2v) is 8.15. The zero-order valence-corrected chi connectivity index (χ0v) is 19.5. The third-order valence-corrected chi connectivity index (χ3v) is 5.27. The number of aliphatic hydroxyl groups is 1. The summed E-state index contributed by atoms with van der Waals surface area (Å²) in [5.74, 6) is -0.0344. The predicted octanol–water partition coefficient (Wildman–Crippen LogP) is 4.86. The van der Waals surface area contributed by atoms with Gasteiger partial charge in [-0.3, -0.25) is 4.90 Å². The van der Waals surface area contributed by atoms with Crippen molar-refractivity contribution in [2.75, 3.05) is 19.8 Å². The molecule has 0 bridgehead atoms. The molecule has 1 aromatic heterocycles. The lowest BCUT2D eigenvalue weighted by atomic mass is 10.2. The number of aliphatic hydroxyl groups excluding tert-OH is 1. The highest BCUT2D eigenvalue weighted by Gasteiger charge is 2.24. The SMILES string of the molecule is CCOC[C@@H](O)CN(Cc1c(C)nn(-c2ccc(F)cc2)c1Oc1cccc(F)c1)C(C)C. The molecule has 1 atom stereocenters. The van der Waals surface area contributed by atoms with Crippen molar-refractivity contribution in [3.05, 3.63) is 71.4 Å². The van der Waals surface area contributed by atoms with Gasteiger partial charge < -0.3 is 14.6 Å². The highest BCUT2D eigenvalue weighted by atomic mass is 19.1. The Morgan fingerprint density at radius 1 is 1.09 bits per heavy atom. The van der Waals surface area contributed by atoms with Crippen LogP contribution in [0.4, 0.5) is 8.78 Å². The van der Waals surface area contributed by atoms with Crippen LogP contribution < -0.4 is 4.74 Å². The number of hydrogen-bond donors (Lipinski definition) is 1. The van der Waals surface area contributed by atoms with Gasteiger partial charge in [-0.15, -0.1) is 0 Å². The summed E-state index contributed by atoms with van der Waals surface area (Å²) in [4.78, 5) is 2.10. The third kappa shape index (κ3) is 6.60. The van der Waals surface area contributed by atoms with Gasteiger partial charge >= 0.3 is 0 Å². The van der Waals surface area contributed by atoms with Crippen molar-refractivity contribution in [3.63, 3.8) is 0 Å². The first-order valence-electron chi connectivity index (χ1n) is 11.1. The summed E-state index contributed by atoms with van der Waals surface area (Å²) in [7, 11) is 0. The minimum absolute atomic E-state index is 0.122. The zero-order chi connectivity index (χ0) is 24.0. The van der Waals surface area contributed by atoms with Crippen LogP contribution in [0.25, 0.3) is 5.69 Å². The van der Waals surface area contributed by atoms with Crippen LogP contribution in [-0.4, -0.2) is 51.7 Å². The summed E-state index contributed by atoms with van der Waals surface area (Å²) in [6.45, 7) is 9.46. The van der Waals surface area contributed by atoms with Crippen molar-refractivity contribution in [1.29, 1.82) is 0 Å². The van der Waals surface area contributed by atoms with Crippen LogP contribution in [0, 0.1) is 18.6 Å². The van der Waals surface area contributed by atoms with Crippen molar-refractivity contribution in [3.8, 4) is 17.3 Å². The van der Waals surface area contributed by atoms with Gasteiger partial charge in [-0.1, -0.05) is 6.07 Å². The number of aryl methyl sites for hydroxylation is 1. The van der Waals surface area contributed by atoms with Crippen molar-refractivity contribution in [2.24, 2.45) is 0 Å². The summed E-state index contributed by atoms with van der Waals surface area (Å²) in [5.41, 5.74) is 2.13. The van der Waals surface area contributed by atoms with Gasteiger partial charge in [0.05, 0.1) is 29.7 Å². The lowest BCUT2D eigenvalue weighted by Gasteiger charge is -2.29. The minimum Gasteiger partial charge on any atom is -0.438 e. The average molecular weight is 460 g/mol. The van der Waals surface area contributed by atoms with E-state index >= 15 is 0 Å². The molecule has 0 saturated heterocycles. The largest absolute Gasteiger partial charge is 0.438 e. The maximum atomic E-state index is 13.8. The number of halogens is 2. The summed E-state index contributed by atoms with van der Waals surface area (Å²) in [6, 6.07) is 11.9. The fourth-order valence-electron chi connectivity index (χ4n) is 3.46.